The van der Waals surface area contributed by atoms with Crippen LogP contribution in [0, 0.1) is 5.92 Å². The summed E-state index contributed by atoms with van der Waals surface area (Å²) in [6, 6.07) is 12.1. The first-order valence-electron chi connectivity index (χ1n) is 17.8. The minimum Gasteiger partial charge on any atom is -0.364 e. The lowest BCUT2D eigenvalue weighted by molar-refractivity contribution is -0.117. The van der Waals surface area contributed by atoms with Gasteiger partial charge >= 0.3 is 0 Å². The van der Waals surface area contributed by atoms with Crippen LogP contribution in [0.25, 0.3) is 11.1 Å². The number of nitrogens with zero attached hydrogens (tertiary/aromatic N) is 7. The maximum absolute atomic E-state index is 13.3. The van der Waals surface area contributed by atoms with Crippen LogP contribution in [0.3, 0.4) is 0 Å². The van der Waals surface area contributed by atoms with Crippen molar-refractivity contribution in [2.75, 3.05) is 41.4 Å². The highest BCUT2D eigenvalue weighted by atomic mass is 32.2. The lowest BCUT2D eigenvalue weighted by Crippen LogP contribution is -2.52. The highest BCUT2D eigenvalue weighted by Gasteiger charge is 2.40. The molecule has 5 heterocycles. The number of likely N-dealkylation sites (tertiary alicyclic amines) is 1. The Bertz CT molecular complexity index is 2210. The van der Waals surface area contributed by atoms with Crippen molar-refractivity contribution < 1.29 is 22.8 Å². The van der Waals surface area contributed by atoms with Crippen molar-refractivity contribution in [3.05, 3.63) is 65.7 Å². The van der Waals surface area contributed by atoms with Gasteiger partial charge in [0.2, 0.25) is 5.91 Å². The van der Waals surface area contributed by atoms with Gasteiger partial charge in [-0.15, -0.1) is 10.2 Å². The fourth-order valence-electron chi connectivity index (χ4n) is 6.96. The summed E-state index contributed by atoms with van der Waals surface area (Å²) in [5.41, 5.74) is 5.33. The zero-order valence-electron chi connectivity index (χ0n) is 29.2. The normalized spacial score (nSPS) is 18.2. The average molecular weight is 725 g/mol. The zero-order valence-corrected chi connectivity index (χ0v) is 30.0. The topological polar surface area (TPSA) is 184 Å². The molecule has 3 amide bonds. The van der Waals surface area contributed by atoms with Gasteiger partial charge in [-0.3, -0.25) is 19.1 Å². The number of hydrogen-bond donors (Lipinski definition) is 3. The van der Waals surface area contributed by atoms with Gasteiger partial charge in [-0.2, -0.15) is 5.10 Å². The second-order valence-corrected chi connectivity index (χ2v) is 16.1. The van der Waals surface area contributed by atoms with Crippen molar-refractivity contribution in [3.63, 3.8) is 0 Å². The first-order chi connectivity index (χ1) is 25.1. The number of anilines is 4. The van der Waals surface area contributed by atoms with Gasteiger partial charge in [-0.05, 0) is 50.3 Å². The van der Waals surface area contributed by atoms with Gasteiger partial charge in [0.05, 0.1) is 46.8 Å². The molecule has 0 unspecified atom stereocenters. The SMILES string of the molecule is CC[C@@H]1c2c(cnn2C2CN(C(=O)c3cccc(S(=O)(=O)CC)n3)C2)-c2cccc(Nc3cc(NC(=O)C4CC4)nnc3C(=O)NC3CC3)c2N1C. The Balaban J connectivity index is 1.07. The number of carbonyl (C=O) groups excluding carboxylic acids is 3. The number of para-hydroxylation sites is 1. The zero-order chi connectivity index (χ0) is 36.3. The Morgan fingerprint density at radius 3 is 2.42 bits per heavy atom. The van der Waals surface area contributed by atoms with E-state index in [0.29, 0.717) is 18.8 Å². The molecule has 1 saturated heterocycles. The smallest absolute Gasteiger partial charge is 0.274 e. The molecule has 1 aromatic carbocycles. The van der Waals surface area contributed by atoms with E-state index in [2.05, 4.69) is 43.0 Å². The molecule has 0 radical (unpaired) electrons. The molecule has 2 aliphatic heterocycles. The largest absolute Gasteiger partial charge is 0.364 e. The number of aromatic nitrogens is 5. The number of sulfone groups is 1. The van der Waals surface area contributed by atoms with E-state index in [9.17, 15) is 22.8 Å². The second kappa shape index (κ2) is 13.0. The number of pyridine rings is 1. The van der Waals surface area contributed by atoms with Gasteiger partial charge in [0.25, 0.3) is 11.8 Å². The maximum atomic E-state index is 13.3. The molecule has 15 nitrogen and oxygen atoms in total. The van der Waals surface area contributed by atoms with Crippen LogP contribution in [0.5, 0.6) is 0 Å². The molecule has 2 saturated carbocycles. The quantitative estimate of drug-likeness (QED) is 0.202. The lowest BCUT2D eigenvalue weighted by Gasteiger charge is -2.43. The van der Waals surface area contributed by atoms with Crippen molar-refractivity contribution in [3.8, 4) is 11.1 Å². The van der Waals surface area contributed by atoms with Gasteiger partial charge in [-0.1, -0.05) is 32.0 Å². The number of hydrogen-bond acceptors (Lipinski definition) is 11. The molecule has 1 atom stereocenters. The third-order valence-electron chi connectivity index (χ3n) is 10.2. The fraction of sp³-hybridized carbons (Fsp3) is 0.417. The Kier molecular flexibility index (Phi) is 8.43. The van der Waals surface area contributed by atoms with Crippen LogP contribution in [0.15, 0.2) is 53.7 Å². The van der Waals surface area contributed by atoms with E-state index in [1.165, 1.54) is 6.07 Å². The van der Waals surface area contributed by atoms with Crippen LogP contribution in [0.2, 0.25) is 0 Å². The highest BCUT2D eigenvalue weighted by molar-refractivity contribution is 7.91. The highest BCUT2D eigenvalue weighted by Crippen LogP contribution is 2.50. The van der Waals surface area contributed by atoms with Crippen LogP contribution in [0.1, 0.15) is 84.7 Å². The summed E-state index contributed by atoms with van der Waals surface area (Å²) in [6.07, 6.45) is 6.19. The molecule has 270 valence electrons. The van der Waals surface area contributed by atoms with Gasteiger partial charge < -0.3 is 25.8 Å². The Morgan fingerprint density at radius 2 is 1.71 bits per heavy atom. The first-order valence-corrected chi connectivity index (χ1v) is 19.4. The third kappa shape index (κ3) is 6.14. The van der Waals surface area contributed by atoms with E-state index in [0.717, 1.165) is 60.3 Å². The number of amides is 3. The second-order valence-electron chi connectivity index (χ2n) is 13.9. The molecular formula is C36H40N10O5S. The predicted octanol–water partition coefficient (Wildman–Crippen LogP) is 4.11. The van der Waals surface area contributed by atoms with Crippen LogP contribution in [0.4, 0.5) is 22.9 Å². The minimum absolute atomic E-state index is 0.0174. The van der Waals surface area contributed by atoms with Gasteiger partial charge in [0.1, 0.15) is 5.69 Å². The monoisotopic (exact) mass is 724 g/mol. The van der Waals surface area contributed by atoms with Crippen LogP contribution >= 0.6 is 0 Å². The molecule has 2 aliphatic carbocycles. The molecule has 3 aromatic heterocycles. The maximum Gasteiger partial charge on any atom is 0.274 e. The van der Waals surface area contributed by atoms with Crippen molar-refractivity contribution in [1.29, 1.82) is 0 Å². The number of benzene rings is 1. The summed E-state index contributed by atoms with van der Waals surface area (Å²) in [4.78, 5) is 47.2. The van der Waals surface area contributed by atoms with E-state index in [1.807, 2.05) is 36.1 Å². The summed E-state index contributed by atoms with van der Waals surface area (Å²) in [7, 11) is -1.51. The van der Waals surface area contributed by atoms with E-state index in [4.69, 9.17) is 5.10 Å². The van der Waals surface area contributed by atoms with Crippen LogP contribution in [-0.2, 0) is 14.6 Å². The van der Waals surface area contributed by atoms with Gasteiger partial charge in [0.15, 0.2) is 26.4 Å². The molecule has 4 aromatic rings. The number of nitrogens with one attached hydrogen (secondary N) is 3. The summed E-state index contributed by atoms with van der Waals surface area (Å²) < 4.78 is 26.7. The summed E-state index contributed by atoms with van der Waals surface area (Å²) >= 11 is 0. The molecule has 8 rings (SSSR count). The van der Waals surface area contributed by atoms with E-state index >= 15 is 0 Å². The Labute approximate surface area is 301 Å². The molecular weight excluding hydrogens is 685 g/mol. The van der Waals surface area contributed by atoms with Crippen LogP contribution in [-0.4, -0.2) is 87.9 Å². The van der Waals surface area contributed by atoms with Crippen molar-refractivity contribution in [2.45, 2.75) is 69.1 Å². The van der Waals surface area contributed by atoms with Gasteiger partial charge in [0, 0.05) is 49.3 Å². The summed E-state index contributed by atoms with van der Waals surface area (Å²) in [5.74, 6) is -0.582. The summed E-state index contributed by atoms with van der Waals surface area (Å²) in [5, 5.41) is 22.5. The molecule has 4 aliphatic rings. The van der Waals surface area contributed by atoms with Crippen LogP contribution < -0.4 is 20.9 Å². The van der Waals surface area contributed by atoms with Gasteiger partial charge in [-0.25, -0.2) is 13.4 Å². The average Bonchev–Trinajstić information content (AvgIpc) is 4.07. The molecule has 16 heteroatoms. The summed E-state index contributed by atoms with van der Waals surface area (Å²) in [6.45, 7) is 4.49. The van der Waals surface area contributed by atoms with Crippen molar-refractivity contribution in [2.24, 2.45) is 5.92 Å². The number of fused-ring (bicyclic) bond motifs is 3. The van der Waals surface area contributed by atoms with Crippen molar-refractivity contribution in [1.82, 2.24) is 35.2 Å². The molecule has 3 fully saturated rings. The number of carbonyl (C=O) groups is 3. The van der Waals surface area contributed by atoms with Crippen molar-refractivity contribution >= 4 is 50.4 Å². The molecule has 0 spiro atoms. The third-order valence-corrected chi connectivity index (χ3v) is 11.8. The minimum atomic E-state index is -3.54. The van der Waals surface area contributed by atoms with E-state index in [-0.39, 0.29) is 69.7 Å². The first kappa shape index (κ1) is 33.7. The fourth-order valence-corrected chi connectivity index (χ4v) is 7.78. The standard InChI is InChI=1S/C36H40N10O5S/c1-4-28-33-24(17-37-46(33)22-18-45(19-22)36(49)26-10-7-11-30(40-26)52(50,51)5-2)23-8-6-9-25(32(23)44(28)3)39-27-16-29(41-34(47)20-12-13-20)42-43-31(27)35(48)38-21-14-15-21/h6-11,16-17,20-22,28H,4-5,12-15,18-19H2,1-3H3,(H,38,48)(H2,39,41,42,47)/t28-/m1/s1. The Hall–Kier alpha value is -5.38. The van der Waals surface area contributed by atoms with E-state index in [1.54, 1.807) is 30.0 Å². The molecule has 52 heavy (non-hydrogen) atoms. The predicted molar refractivity (Wildman–Crippen MR) is 193 cm³/mol. The number of rotatable bonds is 11. The Morgan fingerprint density at radius 1 is 0.942 bits per heavy atom. The van der Waals surface area contributed by atoms with E-state index < -0.39 is 9.84 Å². The molecule has 3 N–H and O–H groups in total. The lowest BCUT2D eigenvalue weighted by atomic mass is 9.91. The molecule has 0 bridgehead atoms.